The van der Waals surface area contributed by atoms with Crippen LogP contribution in [-0.4, -0.2) is 50.7 Å². The highest BCUT2D eigenvalue weighted by Crippen LogP contribution is 2.31. The number of hydrogen-bond acceptors (Lipinski definition) is 4. The molecule has 3 heterocycles. The van der Waals surface area contributed by atoms with Crippen molar-refractivity contribution in [1.29, 1.82) is 0 Å². The average Bonchev–Trinajstić information content (AvgIpc) is 3.46. The van der Waals surface area contributed by atoms with E-state index in [9.17, 15) is 18.0 Å². The molecule has 10 heteroatoms. The summed E-state index contributed by atoms with van der Waals surface area (Å²) in [5.74, 6) is 0.559. The number of aromatic amines is 2. The number of benzene rings is 2. The van der Waals surface area contributed by atoms with Crippen LogP contribution in [0, 0.1) is 6.92 Å². The predicted octanol–water partition coefficient (Wildman–Crippen LogP) is 6.32. The maximum Gasteiger partial charge on any atom is 0.416 e. The van der Waals surface area contributed by atoms with Gasteiger partial charge in [-0.1, -0.05) is 37.3 Å². The monoisotopic (exact) mass is 553 g/mol. The first-order valence-electron chi connectivity index (χ1n) is 13.7. The Morgan fingerprint density at radius 1 is 1.10 bits per heavy atom. The topological polar surface area (TPSA) is 78.9 Å². The largest absolute Gasteiger partial charge is 0.416 e. The van der Waals surface area contributed by atoms with Gasteiger partial charge in [-0.15, -0.1) is 0 Å². The standard InChI is InChI=1S/C30H34F3N5O2/c1-3-16-40-17-4-5-21-6-11-25-27(18-21)38(29(39)36-25)24-12-14-37(15-13-24)19-26-20(2)34-28(35-26)22-7-9-23(10-8-22)30(31,32)33/h4-11,18,24H,3,12-17,19H2,1-2H3,(H,34,35)(H,36,39)/b5-4+. The highest BCUT2D eigenvalue weighted by molar-refractivity contribution is 5.78. The molecule has 0 amide bonds. The van der Waals surface area contributed by atoms with Crippen molar-refractivity contribution in [3.63, 3.8) is 0 Å². The number of aromatic nitrogens is 4. The molecule has 0 aliphatic carbocycles. The molecular weight excluding hydrogens is 519 g/mol. The molecule has 1 aliphatic heterocycles. The molecule has 0 saturated carbocycles. The summed E-state index contributed by atoms with van der Waals surface area (Å²) in [5, 5.41) is 0. The first-order valence-corrected chi connectivity index (χ1v) is 13.7. The van der Waals surface area contributed by atoms with Crippen molar-refractivity contribution >= 4 is 17.1 Å². The van der Waals surface area contributed by atoms with Crippen LogP contribution in [0.2, 0.25) is 0 Å². The lowest BCUT2D eigenvalue weighted by atomic mass is 10.0. The molecule has 212 valence electrons. The number of hydrogen-bond donors (Lipinski definition) is 2. The van der Waals surface area contributed by atoms with E-state index in [2.05, 4.69) is 26.8 Å². The van der Waals surface area contributed by atoms with Gasteiger partial charge in [0, 0.05) is 43.5 Å². The van der Waals surface area contributed by atoms with Gasteiger partial charge in [-0.25, -0.2) is 9.78 Å². The molecule has 0 bridgehead atoms. The number of H-pyrrole nitrogens is 2. The van der Waals surface area contributed by atoms with Crippen LogP contribution in [0.4, 0.5) is 13.2 Å². The molecule has 1 aliphatic rings. The van der Waals surface area contributed by atoms with Crippen molar-refractivity contribution in [2.75, 3.05) is 26.3 Å². The summed E-state index contributed by atoms with van der Waals surface area (Å²) >= 11 is 0. The minimum absolute atomic E-state index is 0.0904. The van der Waals surface area contributed by atoms with Gasteiger partial charge in [-0.2, -0.15) is 13.2 Å². The van der Waals surface area contributed by atoms with Crippen LogP contribution in [0.25, 0.3) is 28.5 Å². The van der Waals surface area contributed by atoms with E-state index in [0.29, 0.717) is 24.5 Å². The van der Waals surface area contributed by atoms with Crippen molar-refractivity contribution in [2.24, 2.45) is 0 Å². The summed E-state index contributed by atoms with van der Waals surface area (Å²) in [7, 11) is 0. The van der Waals surface area contributed by atoms with E-state index in [4.69, 9.17) is 4.74 Å². The first kappa shape index (κ1) is 27.9. The minimum atomic E-state index is -4.37. The molecule has 0 atom stereocenters. The maximum atomic E-state index is 12.9. The SMILES string of the molecule is CCCOC/C=C/c1ccc2[nH]c(=O)n(C3CCN(Cc4nc(-c5ccc(C(F)(F)F)cc5)[nH]c4C)CC3)c2c1. The fraction of sp³-hybridized carbons (Fsp3) is 0.400. The average molecular weight is 554 g/mol. The fourth-order valence-corrected chi connectivity index (χ4v) is 5.24. The lowest BCUT2D eigenvalue weighted by Gasteiger charge is -2.32. The molecular formula is C30H34F3N5O2. The zero-order chi connectivity index (χ0) is 28.3. The molecule has 40 heavy (non-hydrogen) atoms. The first-order chi connectivity index (χ1) is 19.2. The molecule has 5 rings (SSSR count). The Balaban J connectivity index is 1.23. The highest BCUT2D eigenvalue weighted by Gasteiger charge is 2.30. The molecule has 4 aromatic rings. The summed E-state index contributed by atoms with van der Waals surface area (Å²) in [6.07, 6.45) is 2.28. The van der Waals surface area contributed by atoms with Crippen LogP contribution in [0.1, 0.15) is 54.7 Å². The van der Waals surface area contributed by atoms with E-state index >= 15 is 0 Å². The number of alkyl halides is 3. The van der Waals surface area contributed by atoms with Gasteiger partial charge in [0.25, 0.3) is 0 Å². The van der Waals surface area contributed by atoms with E-state index in [-0.39, 0.29) is 11.7 Å². The number of imidazole rings is 2. The number of nitrogens with one attached hydrogen (secondary N) is 2. The molecule has 2 N–H and O–H groups in total. The Morgan fingerprint density at radius 3 is 2.55 bits per heavy atom. The fourth-order valence-electron chi connectivity index (χ4n) is 5.24. The van der Waals surface area contributed by atoms with Gasteiger partial charge >= 0.3 is 11.9 Å². The van der Waals surface area contributed by atoms with Gasteiger partial charge in [0.1, 0.15) is 5.82 Å². The number of likely N-dealkylation sites (tertiary alicyclic amines) is 1. The quantitative estimate of drug-likeness (QED) is 0.238. The van der Waals surface area contributed by atoms with Crippen LogP contribution in [0.15, 0.2) is 53.3 Å². The Bertz CT molecular complexity index is 1520. The van der Waals surface area contributed by atoms with Crippen LogP contribution < -0.4 is 5.69 Å². The maximum absolute atomic E-state index is 12.9. The number of ether oxygens (including phenoxy) is 1. The minimum Gasteiger partial charge on any atom is -0.377 e. The molecule has 1 fully saturated rings. The smallest absolute Gasteiger partial charge is 0.377 e. The molecule has 7 nitrogen and oxygen atoms in total. The van der Waals surface area contributed by atoms with Crippen molar-refractivity contribution < 1.29 is 17.9 Å². The van der Waals surface area contributed by atoms with E-state index in [1.54, 1.807) is 0 Å². The van der Waals surface area contributed by atoms with E-state index in [1.165, 1.54) is 12.1 Å². The van der Waals surface area contributed by atoms with Crippen LogP contribution in [0.5, 0.6) is 0 Å². The second-order valence-electron chi connectivity index (χ2n) is 10.3. The Labute approximate surface area is 230 Å². The van der Waals surface area contributed by atoms with Gasteiger partial charge < -0.3 is 14.7 Å². The van der Waals surface area contributed by atoms with E-state index < -0.39 is 11.7 Å². The Hall–Kier alpha value is -3.63. The second-order valence-corrected chi connectivity index (χ2v) is 10.3. The third-order valence-electron chi connectivity index (χ3n) is 7.38. The van der Waals surface area contributed by atoms with Crippen LogP contribution in [-0.2, 0) is 17.5 Å². The lowest BCUT2D eigenvalue weighted by Crippen LogP contribution is -2.36. The predicted molar refractivity (Wildman–Crippen MR) is 150 cm³/mol. The third kappa shape index (κ3) is 6.23. The Kier molecular flexibility index (Phi) is 8.27. The molecule has 0 unspecified atom stereocenters. The molecule has 2 aromatic heterocycles. The number of piperidine rings is 1. The lowest BCUT2D eigenvalue weighted by molar-refractivity contribution is -0.137. The summed E-state index contributed by atoms with van der Waals surface area (Å²) in [5.41, 5.74) is 4.37. The second kappa shape index (κ2) is 11.9. The van der Waals surface area contributed by atoms with Gasteiger partial charge in [0.15, 0.2) is 0 Å². The van der Waals surface area contributed by atoms with Crippen LogP contribution >= 0.6 is 0 Å². The molecule has 0 spiro atoms. The summed E-state index contributed by atoms with van der Waals surface area (Å²) in [4.78, 5) is 26.1. The van der Waals surface area contributed by atoms with Gasteiger partial charge in [-0.05, 0) is 56.0 Å². The van der Waals surface area contributed by atoms with E-state index in [1.807, 2.05) is 41.8 Å². The summed E-state index contributed by atoms with van der Waals surface area (Å²) < 4.78 is 46.1. The van der Waals surface area contributed by atoms with E-state index in [0.717, 1.165) is 79.1 Å². The number of halogens is 3. The third-order valence-corrected chi connectivity index (χ3v) is 7.38. The normalized spacial score (nSPS) is 15.5. The Morgan fingerprint density at radius 2 is 1.85 bits per heavy atom. The highest BCUT2D eigenvalue weighted by atomic mass is 19.4. The summed E-state index contributed by atoms with van der Waals surface area (Å²) in [6.45, 7) is 7.54. The number of nitrogens with zero attached hydrogens (tertiary/aromatic N) is 3. The van der Waals surface area contributed by atoms with Gasteiger partial charge in [0.05, 0.1) is 28.9 Å². The molecule has 1 saturated heterocycles. The zero-order valence-electron chi connectivity index (χ0n) is 22.7. The van der Waals surface area contributed by atoms with Crippen molar-refractivity contribution in [2.45, 2.75) is 51.9 Å². The number of rotatable bonds is 9. The van der Waals surface area contributed by atoms with Crippen molar-refractivity contribution in [3.8, 4) is 11.4 Å². The van der Waals surface area contributed by atoms with Crippen molar-refractivity contribution in [1.82, 2.24) is 24.4 Å². The molecule has 0 radical (unpaired) electrons. The number of fused-ring (bicyclic) bond motifs is 1. The summed E-state index contributed by atoms with van der Waals surface area (Å²) in [6, 6.07) is 11.1. The van der Waals surface area contributed by atoms with Crippen LogP contribution in [0.3, 0.4) is 0 Å². The van der Waals surface area contributed by atoms with Gasteiger partial charge in [-0.3, -0.25) is 9.47 Å². The van der Waals surface area contributed by atoms with Crippen molar-refractivity contribution in [3.05, 3.63) is 81.5 Å². The molecule has 2 aromatic carbocycles. The van der Waals surface area contributed by atoms with Gasteiger partial charge in [0.2, 0.25) is 0 Å². The number of aryl methyl sites for hydroxylation is 1. The zero-order valence-corrected chi connectivity index (χ0v) is 22.7.